The topological polar surface area (TPSA) is 359 Å². The summed E-state index contributed by atoms with van der Waals surface area (Å²) in [7, 11) is 0. The molecular formula is C26H44N8O13. The molecule has 0 saturated carbocycles. The SMILES string of the molecule is CC(C)C[C@H](NC(=O)[C@H](CC(N)=O)NC(=O)[C@H](CO)NC(=O)[C@H](C)NC(=O)[C@@H](N)CC(=O)O)C(=O)NCC(=O)N[C@H](C(=O)O)[C@@H](C)O. The van der Waals surface area contributed by atoms with Gasteiger partial charge in [0.15, 0.2) is 6.04 Å². The van der Waals surface area contributed by atoms with Crippen molar-refractivity contribution in [3.8, 4) is 0 Å². The van der Waals surface area contributed by atoms with E-state index in [1.54, 1.807) is 13.8 Å². The van der Waals surface area contributed by atoms with E-state index in [0.29, 0.717) is 0 Å². The summed E-state index contributed by atoms with van der Waals surface area (Å²) in [6.07, 6.45) is -2.96. The Kier molecular flexibility index (Phi) is 18.2. The number of aliphatic hydroxyl groups excluding tert-OH is 2. The van der Waals surface area contributed by atoms with E-state index in [-0.39, 0.29) is 12.3 Å². The van der Waals surface area contributed by atoms with Gasteiger partial charge in [-0.15, -0.1) is 0 Å². The predicted molar refractivity (Wildman–Crippen MR) is 158 cm³/mol. The average molecular weight is 677 g/mol. The molecule has 266 valence electrons. The zero-order valence-electron chi connectivity index (χ0n) is 26.3. The Hall–Kier alpha value is -4.89. The van der Waals surface area contributed by atoms with Crippen molar-refractivity contribution in [2.75, 3.05) is 13.2 Å². The summed E-state index contributed by atoms with van der Waals surface area (Å²) in [5.41, 5.74) is 10.6. The summed E-state index contributed by atoms with van der Waals surface area (Å²) in [6, 6.07) is -9.26. The van der Waals surface area contributed by atoms with Gasteiger partial charge in [0, 0.05) is 0 Å². The largest absolute Gasteiger partial charge is 0.481 e. The molecular weight excluding hydrogens is 632 g/mol. The third-order valence-corrected chi connectivity index (χ3v) is 6.17. The number of primary amides is 1. The lowest BCUT2D eigenvalue weighted by molar-refractivity contribution is -0.144. The summed E-state index contributed by atoms with van der Waals surface area (Å²) in [5, 5.41) is 50.0. The quantitative estimate of drug-likeness (QED) is 0.0538. The van der Waals surface area contributed by atoms with Crippen molar-refractivity contribution >= 4 is 53.3 Å². The highest BCUT2D eigenvalue weighted by molar-refractivity contribution is 5.98. The van der Waals surface area contributed by atoms with E-state index in [0.717, 1.165) is 6.92 Å². The first kappa shape index (κ1) is 42.1. The molecule has 0 saturated heterocycles. The first-order chi connectivity index (χ1) is 21.7. The molecule has 7 amide bonds. The standard InChI is InChI=1S/C26H44N8O13/c1-10(2)5-14(23(43)29-8-18(38)34-20(12(4)36)26(46)47)31-24(44)15(7-17(28)37)32-25(45)16(9-35)33-21(41)11(3)30-22(42)13(27)6-19(39)40/h10-16,20,35-36H,5-9,27H2,1-4H3,(H2,28,37)(H,29,43)(H,30,42)(H,31,44)(H,32,45)(H,33,41)(H,34,38)(H,39,40)(H,46,47)/t11-,12+,13-,14-,15-,16-,20-/m0/s1. The molecule has 14 N–H and O–H groups in total. The molecule has 47 heavy (non-hydrogen) atoms. The van der Waals surface area contributed by atoms with Gasteiger partial charge >= 0.3 is 11.9 Å². The van der Waals surface area contributed by atoms with E-state index in [1.165, 1.54) is 6.92 Å². The summed E-state index contributed by atoms with van der Waals surface area (Å²) in [5.74, 6) is -10.3. The van der Waals surface area contributed by atoms with Crippen molar-refractivity contribution in [1.29, 1.82) is 0 Å². The molecule has 0 radical (unpaired) electrons. The zero-order chi connectivity index (χ0) is 36.6. The Morgan fingerprint density at radius 3 is 1.68 bits per heavy atom. The Labute approximate surface area is 268 Å². The Morgan fingerprint density at radius 2 is 1.21 bits per heavy atom. The molecule has 21 nitrogen and oxygen atoms in total. The molecule has 0 aromatic carbocycles. The van der Waals surface area contributed by atoms with Gasteiger partial charge in [-0.25, -0.2) is 4.79 Å². The van der Waals surface area contributed by atoms with Crippen LogP contribution in [-0.2, 0) is 43.2 Å². The molecule has 0 aromatic heterocycles. The van der Waals surface area contributed by atoms with Gasteiger partial charge in [0.1, 0.15) is 24.2 Å². The Balaban J connectivity index is 5.59. The summed E-state index contributed by atoms with van der Waals surface area (Å²) >= 11 is 0. The molecule has 0 unspecified atom stereocenters. The number of rotatable bonds is 21. The van der Waals surface area contributed by atoms with Gasteiger partial charge in [0.05, 0.1) is 38.1 Å². The van der Waals surface area contributed by atoms with Crippen LogP contribution in [0.5, 0.6) is 0 Å². The summed E-state index contributed by atoms with van der Waals surface area (Å²) in [4.78, 5) is 109. The van der Waals surface area contributed by atoms with Crippen molar-refractivity contribution in [3.05, 3.63) is 0 Å². The highest BCUT2D eigenvalue weighted by atomic mass is 16.4. The van der Waals surface area contributed by atoms with Gasteiger partial charge in [0.2, 0.25) is 41.4 Å². The first-order valence-electron chi connectivity index (χ1n) is 14.3. The first-order valence-corrected chi connectivity index (χ1v) is 14.3. The number of hydrogen-bond acceptors (Lipinski definition) is 12. The highest BCUT2D eigenvalue weighted by Gasteiger charge is 2.32. The number of hydrogen-bond donors (Lipinski definition) is 12. The van der Waals surface area contributed by atoms with Gasteiger partial charge < -0.3 is 63.8 Å². The normalized spacial score (nSPS) is 15.3. The Bertz CT molecular complexity index is 1180. The van der Waals surface area contributed by atoms with Crippen molar-refractivity contribution in [2.45, 2.75) is 89.3 Å². The van der Waals surface area contributed by atoms with Crippen LogP contribution in [0.15, 0.2) is 0 Å². The second kappa shape index (κ2) is 20.3. The number of carboxylic acid groups (broad SMARTS) is 2. The second-order valence-electron chi connectivity index (χ2n) is 10.9. The number of carboxylic acids is 2. The zero-order valence-corrected chi connectivity index (χ0v) is 26.3. The van der Waals surface area contributed by atoms with Crippen LogP contribution in [0.1, 0.15) is 47.0 Å². The molecule has 7 atom stereocenters. The molecule has 0 aliphatic heterocycles. The van der Waals surface area contributed by atoms with Crippen LogP contribution in [0.25, 0.3) is 0 Å². The van der Waals surface area contributed by atoms with Gasteiger partial charge in [-0.3, -0.25) is 38.4 Å². The third-order valence-electron chi connectivity index (χ3n) is 6.17. The van der Waals surface area contributed by atoms with Crippen LogP contribution in [0.2, 0.25) is 0 Å². The van der Waals surface area contributed by atoms with Crippen LogP contribution < -0.4 is 43.4 Å². The molecule has 0 aromatic rings. The lowest BCUT2D eigenvalue weighted by Crippen LogP contribution is -2.60. The van der Waals surface area contributed by atoms with Crippen molar-refractivity contribution in [1.82, 2.24) is 31.9 Å². The Morgan fingerprint density at radius 1 is 0.681 bits per heavy atom. The smallest absolute Gasteiger partial charge is 0.328 e. The second-order valence-corrected chi connectivity index (χ2v) is 10.9. The number of carbonyl (C=O) groups is 9. The van der Waals surface area contributed by atoms with Gasteiger partial charge in [-0.05, 0) is 26.2 Å². The molecule has 0 bridgehead atoms. The average Bonchev–Trinajstić information content (AvgIpc) is 2.94. The lowest BCUT2D eigenvalue weighted by Gasteiger charge is -2.25. The fourth-order valence-corrected chi connectivity index (χ4v) is 3.72. The molecule has 0 rings (SSSR count). The molecule has 0 heterocycles. The van der Waals surface area contributed by atoms with E-state index in [9.17, 15) is 53.4 Å². The number of nitrogens with one attached hydrogen (secondary N) is 6. The van der Waals surface area contributed by atoms with Crippen LogP contribution in [-0.4, -0.2) is 129 Å². The number of nitrogens with two attached hydrogens (primary N) is 2. The van der Waals surface area contributed by atoms with Crippen LogP contribution in [0, 0.1) is 5.92 Å². The summed E-state index contributed by atoms with van der Waals surface area (Å²) in [6.45, 7) is 3.95. The monoisotopic (exact) mass is 676 g/mol. The highest BCUT2D eigenvalue weighted by Crippen LogP contribution is 2.07. The van der Waals surface area contributed by atoms with E-state index in [2.05, 4.69) is 26.6 Å². The maximum absolute atomic E-state index is 13.1. The van der Waals surface area contributed by atoms with Gasteiger partial charge in [0.25, 0.3) is 0 Å². The maximum atomic E-state index is 13.1. The number of carbonyl (C=O) groups excluding carboxylic acids is 7. The molecule has 21 heteroatoms. The molecule has 0 aliphatic carbocycles. The van der Waals surface area contributed by atoms with Crippen LogP contribution in [0.4, 0.5) is 0 Å². The van der Waals surface area contributed by atoms with Crippen molar-refractivity contribution in [3.63, 3.8) is 0 Å². The van der Waals surface area contributed by atoms with Crippen LogP contribution >= 0.6 is 0 Å². The minimum atomic E-state index is -1.72. The van der Waals surface area contributed by atoms with Crippen molar-refractivity contribution < 1.29 is 63.6 Å². The molecule has 0 aliphatic rings. The van der Waals surface area contributed by atoms with Gasteiger partial charge in [-0.2, -0.15) is 0 Å². The van der Waals surface area contributed by atoms with E-state index >= 15 is 0 Å². The number of amides is 7. The third kappa shape index (κ3) is 16.3. The van der Waals surface area contributed by atoms with E-state index < -0.39 is 122 Å². The predicted octanol–water partition coefficient (Wildman–Crippen LogP) is -6.27. The summed E-state index contributed by atoms with van der Waals surface area (Å²) < 4.78 is 0. The molecule has 0 spiro atoms. The molecule has 0 fully saturated rings. The fraction of sp³-hybridized carbons (Fsp3) is 0.654. The number of aliphatic carboxylic acids is 2. The number of aliphatic hydroxyl groups is 2. The van der Waals surface area contributed by atoms with Gasteiger partial charge in [-0.1, -0.05) is 13.8 Å². The van der Waals surface area contributed by atoms with Crippen LogP contribution in [0.3, 0.4) is 0 Å². The van der Waals surface area contributed by atoms with E-state index in [4.69, 9.17) is 21.7 Å². The fourth-order valence-electron chi connectivity index (χ4n) is 3.72. The maximum Gasteiger partial charge on any atom is 0.328 e. The van der Waals surface area contributed by atoms with E-state index in [1.807, 2.05) is 5.32 Å². The minimum absolute atomic E-state index is 0.00307. The lowest BCUT2D eigenvalue weighted by atomic mass is 10.0. The van der Waals surface area contributed by atoms with Crippen molar-refractivity contribution in [2.24, 2.45) is 17.4 Å². The minimum Gasteiger partial charge on any atom is -0.481 e.